The first kappa shape index (κ1) is 17.2. The third kappa shape index (κ3) is 3.97. The van der Waals surface area contributed by atoms with Crippen molar-refractivity contribution < 1.29 is 4.52 Å². The van der Waals surface area contributed by atoms with Crippen LogP contribution in [0.5, 0.6) is 0 Å². The van der Waals surface area contributed by atoms with Gasteiger partial charge in [-0.3, -0.25) is 4.90 Å². The lowest BCUT2D eigenvalue weighted by atomic mass is 9.84. The molecule has 1 saturated heterocycles. The molecule has 7 heteroatoms. The largest absolute Gasteiger partial charge is 0.338 e. The molecule has 22 heavy (non-hydrogen) atoms. The molecule has 3 rings (SSSR count). The second-order valence-corrected chi connectivity index (χ2v) is 6.69. The molecule has 120 valence electrons. The van der Waals surface area contributed by atoms with E-state index in [1.165, 1.54) is 12.8 Å². The number of likely N-dealkylation sites (tertiary alicyclic amines) is 1. The van der Waals surface area contributed by atoms with Gasteiger partial charge in [-0.25, -0.2) is 4.98 Å². The maximum atomic E-state index is 6.05. The molecule has 0 N–H and O–H groups in total. The van der Waals surface area contributed by atoms with Crippen molar-refractivity contribution in [2.75, 3.05) is 13.1 Å². The van der Waals surface area contributed by atoms with Crippen LogP contribution < -0.4 is 0 Å². The average Bonchev–Trinajstić information content (AvgIpc) is 2.86. The molecule has 0 aromatic carbocycles. The summed E-state index contributed by atoms with van der Waals surface area (Å²) in [7, 11) is 0. The third-order valence-electron chi connectivity index (χ3n) is 3.81. The zero-order valence-electron chi connectivity index (χ0n) is 12.8. The standard InChI is InChI=1S/C15H19ClN4O.ClH/c1-15(2)6-4-8-20(10-15)9-12-18-14(19-21-12)11-5-3-7-17-13(11)16;/h3,5,7H,4,6,8-10H2,1-2H3;1H. The smallest absolute Gasteiger partial charge is 0.241 e. The van der Waals surface area contributed by atoms with Crippen LogP contribution in [0, 0.1) is 5.41 Å². The summed E-state index contributed by atoms with van der Waals surface area (Å²) in [5.74, 6) is 1.13. The number of aromatic nitrogens is 3. The average molecular weight is 343 g/mol. The summed E-state index contributed by atoms with van der Waals surface area (Å²) >= 11 is 6.05. The van der Waals surface area contributed by atoms with Crippen LogP contribution in [0.15, 0.2) is 22.9 Å². The highest BCUT2D eigenvalue weighted by molar-refractivity contribution is 6.31. The van der Waals surface area contributed by atoms with Gasteiger partial charge in [0.15, 0.2) is 0 Å². The number of piperidine rings is 1. The van der Waals surface area contributed by atoms with Gasteiger partial charge in [-0.15, -0.1) is 12.4 Å². The number of rotatable bonds is 3. The fraction of sp³-hybridized carbons (Fsp3) is 0.533. The Morgan fingerprint density at radius 2 is 2.23 bits per heavy atom. The van der Waals surface area contributed by atoms with Gasteiger partial charge in [-0.2, -0.15) is 4.98 Å². The number of halogens is 2. The molecule has 0 spiro atoms. The van der Waals surface area contributed by atoms with Crippen molar-refractivity contribution in [1.29, 1.82) is 0 Å². The summed E-state index contributed by atoms with van der Waals surface area (Å²) in [4.78, 5) is 10.8. The molecule has 1 aliphatic heterocycles. The molecule has 0 bridgehead atoms. The van der Waals surface area contributed by atoms with Crippen molar-refractivity contribution in [3.05, 3.63) is 29.4 Å². The van der Waals surface area contributed by atoms with Gasteiger partial charge in [-0.1, -0.05) is 30.6 Å². The fourth-order valence-corrected chi connectivity index (χ4v) is 3.06. The highest BCUT2D eigenvalue weighted by Gasteiger charge is 2.27. The summed E-state index contributed by atoms with van der Waals surface area (Å²) in [5.41, 5.74) is 1.06. The molecule has 1 fully saturated rings. The first-order chi connectivity index (χ1) is 10.0. The molecule has 0 radical (unpaired) electrons. The molecule has 5 nitrogen and oxygen atoms in total. The summed E-state index contributed by atoms with van der Waals surface area (Å²) in [6.45, 7) is 7.42. The molecule has 0 unspecified atom stereocenters. The first-order valence-electron chi connectivity index (χ1n) is 7.19. The fourth-order valence-electron chi connectivity index (χ4n) is 2.85. The monoisotopic (exact) mass is 342 g/mol. The van der Waals surface area contributed by atoms with Crippen LogP contribution in [-0.4, -0.2) is 33.1 Å². The summed E-state index contributed by atoms with van der Waals surface area (Å²) in [5, 5.41) is 4.40. The van der Waals surface area contributed by atoms with E-state index in [2.05, 4.69) is 33.9 Å². The van der Waals surface area contributed by atoms with E-state index in [9.17, 15) is 0 Å². The second-order valence-electron chi connectivity index (χ2n) is 6.33. The van der Waals surface area contributed by atoms with Gasteiger partial charge in [0.05, 0.1) is 12.1 Å². The Hall–Kier alpha value is -1.17. The Balaban J connectivity index is 0.00000176. The van der Waals surface area contributed by atoms with Crippen molar-refractivity contribution in [2.45, 2.75) is 33.2 Å². The van der Waals surface area contributed by atoms with E-state index in [4.69, 9.17) is 16.1 Å². The van der Waals surface area contributed by atoms with Gasteiger partial charge in [0.1, 0.15) is 5.15 Å². The van der Waals surface area contributed by atoms with Crippen molar-refractivity contribution in [2.24, 2.45) is 5.41 Å². The molecular weight excluding hydrogens is 323 g/mol. The second kappa shape index (κ2) is 6.94. The minimum absolute atomic E-state index is 0. The van der Waals surface area contributed by atoms with Crippen molar-refractivity contribution in [3.8, 4) is 11.4 Å². The van der Waals surface area contributed by atoms with Crippen molar-refractivity contribution >= 4 is 24.0 Å². The summed E-state index contributed by atoms with van der Waals surface area (Å²) in [6.07, 6.45) is 4.12. The van der Waals surface area contributed by atoms with Gasteiger partial charge in [0.2, 0.25) is 11.7 Å². The Labute approximate surface area is 141 Å². The lowest BCUT2D eigenvalue weighted by Gasteiger charge is -2.37. The van der Waals surface area contributed by atoms with E-state index in [1.807, 2.05) is 12.1 Å². The van der Waals surface area contributed by atoms with E-state index in [-0.39, 0.29) is 12.4 Å². The first-order valence-corrected chi connectivity index (χ1v) is 7.57. The molecule has 2 aromatic heterocycles. The highest BCUT2D eigenvalue weighted by atomic mass is 35.5. The van der Waals surface area contributed by atoms with Crippen LogP contribution in [0.1, 0.15) is 32.6 Å². The summed E-state index contributed by atoms with van der Waals surface area (Å²) in [6, 6.07) is 3.65. The Kier molecular flexibility index (Phi) is 5.42. The molecule has 0 aliphatic carbocycles. The van der Waals surface area contributed by atoms with Gasteiger partial charge in [0, 0.05) is 12.7 Å². The topological polar surface area (TPSA) is 55.1 Å². The molecule has 2 aromatic rings. The predicted octanol–water partition coefficient (Wildman–Crippen LogP) is 3.83. The summed E-state index contributed by atoms with van der Waals surface area (Å²) < 4.78 is 5.36. The van der Waals surface area contributed by atoms with Crippen LogP contribution in [0.3, 0.4) is 0 Å². The van der Waals surface area contributed by atoms with Crippen LogP contribution in [0.4, 0.5) is 0 Å². The molecular formula is C15H20Cl2N4O. The normalized spacial score (nSPS) is 18.0. The Morgan fingerprint density at radius 1 is 1.41 bits per heavy atom. The van der Waals surface area contributed by atoms with Gasteiger partial charge >= 0.3 is 0 Å². The van der Waals surface area contributed by atoms with E-state index in [0.717, 1.165) is 13.1 Å². The highest BCUT2D eigenvalue weighted by Crippen LogP contribution is 2.29. The third-order valence-corrected chi connectivity index (χ3v) is 4.11. The van der Waals surface area contributed by atoms with Crippen LogP contribution >= 0.6 is 24.0 Å². The molecule has 1 aliphatic rings. The molecule has 0 atom stereocenters. The van der Waals surface area contributed by atoms with Crippen LogP contribution in [-0.2, 0) is 6.54 Å². The molecule has 0 saturated carbocycles. The van der Waals surface area contributed by atoms with E-state index >= 15 is 0 Å². The van der Waals surface area contributed by atoms with E-state index in [1.54, 1.807) is 6.20 Å². The lowest BCUT2D eigenvalue weighted by Crippen LogP contribution is -2.39. The van der Waals surface area contributed by atoms with E-state index < -0.39 is 0 Å². The van der Waals surface area contributed by atoms with Crippen molar-refractivity contribution in [3.63, 3.8) is 0 Å². The lowest BCUT2D eigenvalue weighted by molar-refractivity contribution is 0.101. The van der Waals surface area contributed by atoms with Crippen LogP contribution in [0.2, 0.25) is 5.15 Å². The minimum atomic E-state index is 0. The Bertz CT molecular complexity index is 630. The zero-order valence-corrected chi connectivity index (χ0v) is 14.3. The number of hydrogen-bond donors (Lipinski definition) is 0. The number of nitrogens with zero attached hydrogens (tertiary/aromatic N) is 4. The predicted molar refractivity (Wildman–Crippen MR) is 88.1 cm³/mol. The maximum Gasteiger partial charge on any atom is 0.241 e. The van der Waals surface area contributed by atoms with Gasteiger partial charge in [-0.05, 0) is 36.9 Å². The van der Waals surface area contributed by atoms with Crippen molar-refractivity contribution in [1.82, 2.24) is 20.0 Å². The quantitative estimate of drug-likeness (QED) is 0.793. The Morgan fingerprint density at radius 3 is 2.95 bits per heavy atom. The maximum absolute atomic E-state index is 6.05. The zero-order chi connectivity index (χ0) is 14.9. The minimum Gasteiger partial charge on any atom is -0.338 e. The van der Waals surface area contributed by atoms with Gasteiger partial charge < -0.3 is 4.52 Å². The molecule has 3 heterocycles. The SMILES string of the molecule is CC1(C)CCCN(Cc2nc(-c3cccnc3Cl)no2)C1.Cl. The number of hydrogen-bond acceptors (Lipinski definition) is 5. The van der Waals surface area contributed by atoms with Crippen LogP contribution in [0.25, 0.3) is 11.4 Å². The van der Waals surface area contributed by atoms with Gasteiger partial charge in [0.25, 0.3) is 0 Å². The van der Waals surface area contributed by atoms with E-state index in [0.29, 0.717) is 34.4 Å². The molecule has 0 amide bonds. The number of pyridine rings is 1.